The maximum atomic E-state index is 2.45. The van der Waals surface area contributed by atoms with Gasteiger partial charge in [-0.15, -0.1) is 11.3 Å². The third kappa shape index (κ3) is 2.54. The SMILES string of the molecule is CCCCCCc1cc2c(s1)CSC2. The van der Waals surface area contributed by atoms with Gasteiger partial charge in [-0.2, -0.15) is 11.8 Å². The van der Waals surface area contributed by atoms with Crippen molar-refractivity contribution in [3.63, 3.8) is 0 Å². The lowest BCUT2D eigenvalue weighted by Crippen LogP contribution is -1.81. The zero-order valence-electron chi connectivity index (χ0n) is 8.84. The highest BCUT2D eigenvalue weighted by Gasteiger charge is 2.14. The van der Waals surface area contributed by atoms with Crippen LogP contribution in [0, 0.1) is 0 Å². The number of rotatable bonds is 5. The van der Waals surface area contributed by atoms with Crippen LogP contribution in [-0.2, 0) is 17.9 Å². The predicted molar refractivity (Wildman–Crippen MR) is 67.2 cm³/mol. The highest BCUT2D eigenvalue weighted by Crippen LogP contribution is 2.36. The summed E-state index contributed by atoms with van der Waals surface area (Å²) in [5.74, 6) is 2.54. The van der Waals surface area contributed by atoms with Crippen LogP contribution in [-0.4, -0.2) is 0 Å². The molecule has 0 fully saturated rings. The number of thioether (sulfide) groups is 1. The van der Waals surface area contributed by atoms with Crippen molar-refractivity contribution in [2.24, 2.45) is 0 Å². The number of hydrogen-bond acceptors (Lipinski definition) is 2. The van der Waals surface area contributed by atoms with Crippen molar-refractivity contribution >= 4 is 23.1 Å². The Morgan fingerprint density at radius 3 is 2.93 bits per heavy atom. The molecule has 78 valence electrons. The minimum absolute atomic E-state index is 1.26. The third-order valence-electron chi connectivity index (χ3n) is 2.72. The van der Waals surface area contributed by atoms with Crippen molar-refractivity contribution in [3.05, 3.63) is 21.4 Å². The highest BCUT2D eigenvalue weighted by molar-refractivity contribution is 7.98. The lowest BCUT2D eigenvalue weighted by Gasteiger charge is -1.97. The molecule has 0 unspecified atom stereocenters. The highest BCUT2D eigenvalue weighted by atomic mass is 32.2. The van der Waals surface area contributed by atoms with E-state index in [1.165, 1.54) is 43.6 Å². The summed E-state index contributed by atoms with van der Waals surface area (Å²) in [6.45, 7) is 2.27. The Bertz CT molecular complexity index is 267. The molecule has 0 saturated heterocycles. The number of unbranched alkanes of at least 4 members (excludes halogenated alkanes) is 3. The molecule has 14 heavy (non-hydrogen) atoms. The topological polar surface area (TPSA) is 0 Å². The van der Waals surface area contributed by atoms with Crippen LogP contribution in [0.15, 0.2) is 6.07 Å². The van der Waals surface area contributed by atoms with Gasteiger partial charge in [0.25, 0.3) is 0 Å². The molecule has 2 heteroatoms. The maximum Gasteiger partial charge on any atom is 0.0285 e. The molecule has 0 aromatic carbocycles. The average molecular weight is 226 g/mol. The van der Waals surface area contributed by atoms with Crippen LogP contribution < -0.4 is 0 Å². The molecule has 0 amide bonds. The average Bonchev–Trinajstić information content (AvgIpc) is 2.72. The first-order chi connectivity index (χ1) is 6.90. The molecular formula is C12H18S2. The largest absolute Gasteiger partial charge is 0.152 e. The Kier molecular flexibility index (Phi) is 3.94. The van der Waals surface area contributed by atoms with Crippen LogP contribution in [0.4, 0.5) is 0 Å². The van der Waals surface area contributed by atoms with Crippen LogP contribution in [0.1, 0.15) is 47.9 Å². The lowest BCUT2D eigenvalue weighted by molar-refractivity contribution is 0.670. The van der Waals surface area contributed by atoms with Gasteiger partial charge in [0.05, 0.1) is 0 Å². The summed E-state index contributed by atoms with van der Waals surface area (Å²) in [6.07, 6.45) is 6.87. The van der Waals surface area contributed by atoms with Gasteiger partial charge in [-0.1, -0.05) is 26.2 Å². The summed E-state index contributed by atoms with van der Waals surface area (Å²) < 4.78 is 0. The number of fused-ring (bicyclic) bond motifs is 1. The predicted octanol–water partition coefficient (Wildman–Crippen LogP) is 4.62. The van der Waals surface area contributed by atoms with E-state index in [0.29, 0.717) is 0 Å². The Morgan fingerprint density at radius 2 is 2.14 bits per heavy atom. The first-order valence-corrected chi connectivity index (χ1v) is 7.55. The number of aryl methyl sites for hydroxylation is 1. The smallest absolute Gasteiger partial charge is 0.0285 e. The van der Waals surface area contributed by atoms with Crippen molar-refractivity contribution in [2.75, 3.05) is 0 Å². The normalized spacial score (nSPS) is 14.6. The van der Waals surface area contributed by atoms with E-state index in [4.69, 9.17) is 0 Å². The van der Waals surface area contributed by atoms with E-state index in [0.717, 1.165) is 0 Å². The van der Waals surface area contributed by atoms with Crippen molar-refractivity contribution < 1.29 is 0 Å². The van der Waals surface area contributed by atoms with Gasteiger partial charge in [-0.3, -0.25) is 0 Å². The third-order valence-corrected chi connectivity index (χ3v) is 5.14. The van der Waals surface area contributed by atoms with E-state index in [-0.39, 0.29) is 0 Å². The number of hydrogen-bond donors (Lipinski definition) is 0. The lowest BCUT2D eigenvalue weighted by atomic mass is 10.1. The van der Waals surface area contributed by atoms with Crippen molar-refractivity contribution in [1.29, 1.82) is 0 Å². The first-order valence-electron chi connectivity index (χ1n) is 5.58. The van der Waals surface area contributed by atoms with Crippen LogP contribution in [0.5, 0.6) is 0 Å². The van der Waals surface area contributed by atoms with Gasteiger partial charge in [0.15, 0.2) is 0 Å². The van der Waals surface area contributed by atoms with E-state index < -0.39 is 0 Å². The quantitative estimate of drug-likeness (QED) is 0.660. The second-order valence-electron chi connectivity index (χ2n) is 3.96. The molecule has 0 nitrogen and oxygen atoms in total. The summed E-state index contributed by atoms with van der Waals surface area (Å²) in [4.78, 5) is 3.28. The summed E-state index contributed by atoms with van der Waals surface area (Å²) >= 11 is 4.12. The molecule has 2 rings (SSSR count). The minimum atomic E-state index is 1.26. The second-order valence-corrected chi connectivity index (χ2v) is 6.17. The summed E-state index contributed by atoms with van der Waals surface area (Å²) in [5.41, 5.74) is 1.63. The maximum absolute atomic E-state index is 2.45. The Labute approximate surface area is 95.1 Å². The van der Waals surface area contributed by atoms with E-state index >= 15 is 0 Å². The zero-order valence-corrected chi connectivity index (χ0v) is 10.5. The van der Waals surface area contributed by atoms with Crippen LogP contribution >= 0.6 is 23.1 Å². The fourth-order valence-corrected chi connectivity index (χ4v) is 4.43. The van der Waals surface area contributed by atoms with Crippen LogP contribution in [0.2, 0.25) is 0 Å². The molecule has 0 atom stereocenters. The van der Waals surface area contributed by atoms with Crippen molar-refractivity contribution in [1.82, 2.24) is 0 Å². The van der Waals surface area contributed by atoms with Crippen molar-refractivity contribution in [2.45, 2.75) is 50.5 Å². The molecule has 1 aliphatic rings. The Hall–Kier alpha value is 0.0500. The first kappa shape index (κ1) is 10.6. The fraction of sp³-hybridized carbons (Fsp3) is 0.667. The van der Waals surface area contributed by atoms with Crippen LogP contribution in [0.3, 0.4) is 0 Å². The fourth-order valence-electron chi connectivity index (χ4n) is 1.88. The molecule has 0 saturated carbocycles. The van der Waals surface area contributed by atoms with Gasteiger partial charge in [0, 0.05) is 21.3 Å². The molecule has 0 N–H and O–H groups in total. The molecule has 2 heterocycles. The molecule has 1 aromatic rings. The molecule has 0 spiro atoms. The van der Waals surface area contributed by atoms with Gasteiger partial charge in [-0.05, 0) is 24.5 Å². The van der Waals surface area contributed by atoms with E-state index in [1.807, 2.05) is 0 Å². The monoisotopic (exact) mass is 226 g/mol. The van der Waals surface area contributed by atoms with E-state index in [1.54, 1.807) is 15.3 Å². The van der Waals surface area contributed by atoms with E-state index in [9.17, 15) is 0 Å². The molecule has 0 aliphatic carbocycles. The minimum Gasteiger partial charge on any atom is -0.152 e. The molecule has 1 aromatic heterocycles. The van der Waals surface area contributed by atoms with Gasteiger partial charge in [0.1, 0.15) is 0 Å². The van der Waals surface area contributed by atoms with E-state index in [2.05, 4.69) is 36.1 Å². The standard InChI is InChI=1S/C12H18S2/c1-2-3-4-5-6-11-7-10-8-13-9-12(10)14-11/h7H,2-6,8-9H2,1H3. The molecule has 0 bridgehead atoms. The summed E-state index contributed by atoms with van der Waals surface area (Å²) in [5, 5.41) is 0. The van der Waals surface area contributed by atoms with Gasteiger partial charge in [-0.25, -0.2) is 0 Å². The van der Waals surface area contributed by atoms with Gasteiger partial charge < -0.3 is 0 Å². The number of thiophene rings is 1. The van der Waals surface area contributed by atoms with Gasteiger partial charge in [0.2, 0.25) is 0 Å². The van der Waals surface area contributed by atoms with Gasteiger partial charge >= 0.3 is 0 Å². The summed E-state index contributed by atoms with van der Waals surface area (Å²) in [6, 6.07) is 2.45. The Balaban J connectivity index is 1.79. The second kappa shape index (κ2) is 5.22. The van der Waals surface area contributed by atoms with Crippen molar-refractivity contribution in [3.8, 4) is 0 Å². The summed E-state index contributed by atoms with van der Waals surface area (Å²) in [7, 11) is 0. The molecular weight excluding hydrogens is 208 g/mol. The molecule has 1 aliphatic heterocycles. The van der Waals surface area contributed by atoms with Crippen LogP contribution in [0.25, 0.3) is 0 Å². The Morgan fingerprint density at radius 1 is 1.21 bits per heavy atom. The molecule has 0 radical (unpaired) electrons. The zero-order chi connectivity index (χ0) is 9.80.